The quantitative estimate of drug-likeness (QED) is 0.478. The first kappa shape index (κ1) is 22.0. The summed E-state index contributed by atoms with van der Waals surface area (Å²) >= 11 is 0. The third-order valence-electron chi connectivity index (χ3n) is 4.35. The lowest BCUT2D eigenvalue weighted by Gasteiger charge is -2.09. The van der Waals surface area contributed by atoms with Crippen LogP contribution in [0.2, 0.25) is 0 Å². The third kappa shape index (κ3) is 7.26. The fraction of sp³-hybridized carbons (Fsp3) is 0.261. The number of carbonyl (C=O) groups excluding carboxylic acids is 1. The molecule has 8 heteroatoms. The van der Waals surface area contributed by atoms with E-state index in [4.69, 9.17) is 9.47 Å². The largest absolute Gasteiger partial charge is 0.494 e. The van der Waals surface area contributed by atoms with Crippen molar-refractivity contribution in [2.75, 3.05) is 19.8 Å². The minimum absolute atomic E-state index is 0.168. The van der Waals surface area contributed by atoms with E-state index in [0.29, 0.717) is 31.1 Å². The Morgan fingerprint density at radius 3 is 2.39 bits per heavy atom. The van der Waals surface area contributed by atoms with Crippen LogP contribution in [0.4, 0.5) is 4.39 Å². The van der Waals surface area contributed by atoms with Crippen molar-refractivity contribution in [3.05, 3.63) is 88.6 Å². The third-order valence-corrected chi connectivity index (χ3v) is 4.35. The van der Waals surface area contributed by atoms with Gasteiger partial charge in [0.25, 0.3) is 11.5 Å². The molecule has 0 radical (unpaired) electrons. The zero-order valence-electron chi connectivity index (χ0n) is 17.0. The number of nitrogens with one attached hydrogen (secondary N) is 1. The van der Waals surface area contributed by atoms with E-state index in [1.165, 1.54) is 28.9 Å². The highest BCUT2D eigenvalue weighted by Gasteiger charge is 2.09. The molecule has 0 unspecified atom stereocenters. The van der Waals surface area contributed by atoms with E-state index in [-0.39, 0.29) is 36.1 Å². The summed E-state index contributed by atoms with van der Waals surface area (Å²) in [4.78, 5) is 24.3. The number of ether oxygens (including phenoxy) is 2. The van der Waals surface area contributed by atoms with Gasteiger partial charge in [0, 0.05) is 12.6 Å². The van der Waals surface area contributed by atoms with Crippen molar-refractivity contribution in [3.63, 3.8) is 0 Å². The second-order valence-corrected chi connectivity index (χ2v) is 6.71. The van der Waals surface area contributed by atoms with Crippen molar-refractivity contribution in [1.82, 2.24) is 15.1 Å². The van der Waals surface area contributed by atoms with Gasteiger partial charge in [0.15, 0.2) is 0 Å². The fourth-order valence-electron chi connectivity index (χ4n) is 2.74. The summed E-state index contributed by atoms with van der Waals surface area (Å²) in [6.45, 7) is 1.40. The molecule has 0 aliphatic heterocycles. The number of hydrogen-bond donors (Lipinski definition) is 1. The van der Waals surface area contributed by atoms with E-state index in [0.717, 1.165) is 6.42 Å². The van der Waals surface area contributed by atoms with Crippen LogP contribution in [0, 0.1) is 5.82 Å². The van der Waals surface area contributed by atoms with Crippen LogP contribution in [-0.4, -0.2) is 35.4 Å². The highest BCUT2D eigenvalue weighted by atomic mass is 19.1. The first-order valence-electron chi connectivity index (χ1n) is 10.0. The number of nitrogens with zero attached hydrogens (tertiary/aromatic N) is 2. The van der Waals surface area contributed by atoms with Crippen LogP contribution in [-0.2, 0) is 6.54 Å². The minimum Gasteiger partial charge on any atom is -0.494 e. The molecule has 31 heavy (non-hydrogen) atoms. The Balaban J connectivity index is 1.38. The summed E-state index contributed by atoms with van der Waals surface area (Å²) in [5.74, 6) is 0.650. The van der Waals surface area contributed by atoms with Gasteiger partial charge >= 0.3 is 0 Å². The topological polar surface area (TPSA) is 82.5 Å². The normalized spacial score (nSPS) is 10.5. The molecule has 3 rings (SSSR count). The standard InChI is InChI=1S/C23H24FN3O4/c24-18-8-10-20(11-9-18)30-16-5-4-14-25-23(29)21-12-13-22(28)27(26-21)15-17-31-19-6-2-1-3-7-19/h1-3,6-13H,4-5,14-17H2,(H,25,29). The Morgan fingerprint density at radius 2 is 1.61 bits per heavy atom. The number of halogens is 1. The van der Waals surface area contributed by atoms with Crippen LogP contribution >= 0.6 is 0 Å². The van der Waals surface area contributed by atoms with E-state index in [1.54, 1.807) is 12.1 Å². The molecule has 0 spiro atoms. The Kier molecular flexibility index (Phi) is 8.16. The molecule has 0 bridgehead atoms. The van der Waals surface area contributed by atoms with Crippen molar-refractivity contribution in [1.29, 1.82) is 0 Å². The number of amides is 1. The smallest absolute Gasteiger partial charge is 0.271 e. The van der Waals surface area contributed by atoms with E-state index in [2.05, 4.69) is 10.4 Å². The molecule has 1 heterocycles. The Labute approximate surface area is 179 Å². The van der Waals surface area contributed by atoms with E-state index >= 15 is 0 Å². The number of aromatic nitrogens is 2. The Morgan fingerprint density at radius 1 is 0.903 bits per heavy atom. The number of para-hydroxylation sites is 1. The molecule has 1 N–H and O–H groups in total. The van der Waals surface area contributed by atoms with E-state index < -0.39 is 0 Å². The number of hydrogen-bond acceptors (Lipinski definition) is 5. The monoisotopic (exact) mass is 425 g/mol. The minimum atomic E-state index is -0.350. The summed E-state index contributed by atoms with van der Waals surface area (Å²) in [5.41, 5.74) is -0.131. The van der Waals surface area contributed by atoms with Gasteiger partial charge in [-0.2, -0.15) is 5.10 Å². The summed E-state index contributed by atoms with van der Waals surface area (Å²) < 4.78 is 25.1. The summed E-state index contributed by atoms with van der Waals surface area (Å²) in [6.07, 6.45) is 1.43. The highest BCUT2D eigenvalue weighted by Crippen LogP contribution is 2.11. The maximum Gasteiger partial charge on any atom is 0.271 e. The Bertz CT molecular complexity index is 1020. The maximum absolute atomic E-state index is 12.8. The molecule has 2 aromatic carbocycles. The number of rotatable bonds is 11. The van der Waals surface area contributed by atoms with Crippen molar-refractivity contribution in [2.45, 2.75) is 19.4 Å². The van der Waals surface area contributed by atoms with Crippen molar-refractivity contribution >= 4 is 5.91 Å². The van der Waals surface area contributed by atoms with Gasteiger partial charge in [0.05, 0.1) is 13.2 Å². The second-order valence-electron chi connectivity index (χ2n) is 6.71. The lowest BCUT2D eigenvalue weighted by molar-refractivity contribution is 0.0944. The molecule has 0 aliphatic carbocycles. The van der Waals surface area contributed by atoms with Gasteiger partial charge in [0.2, 0.25) is 0 Å². The molecule has 7 nitrogen and oxygen atoms in total. The molecule has 0 aliphatic rings. The molecule has 3 aromatic rings. The molecule has 1 aromatic heterocycles. The molecular formula is C23H24FN3O4. The zero-order chi connectivity index (χ0) is 21.9. The number of benzene rings is 2. The molecule has 0 saturated carbocycles. The summed E-state index contributed by atoms with van der Waals surface area (Å²) in [5, 5.41) is 6.90. The average Bonchev–Trinajstić information content (AvgIpc) is 2.79. The first-order valence-corrected chi connectivity index (χ1v) is 10.0. The van der Waals surface area contributed by atoms with Gasteiger partial charge in [-0.05, 0) is 55.3 Å². The molecule has 162 valence electrons. The van der Waals surface area contributed by atoms with Gasteiger partial charge in [-0.1, -0.05) is 18.2 Å². The maximum atomic E-state index is 12.8. The van der Waals surface area contributed by atoms with Gasteiger partial charge in [-0.25, -0.2) is 9.07 Å². The summed E-state index contributed by atoms with van der Waals surface area (Å²) in [7, 11) is 0. The second kappa shape index (κ2) is 11.5. The average molecular weight is 425 g/mol. The SMILES string of the molecule is O=C(NCCCCOc1ccc(F)cc1)c1ccc(=O)n(CCOc2ccccc2)n1. The lowest BCUT2D eigenvalue weighted by atomic mass is 10.3. The number of carbonyl (C=O) groups is 1. The molecule has 1 amide bonds. The fourth-order valence-corrected chi connectivity index (χ4v) is 2.74. The predicted molar refractivity (Wildman–Crippen MR) is 114 cm³/mol. The van der Waals surface area contributed by atoms with Gasteiger partial charge < -0.3 is 14.8 Å². The molecule has 0 atom stereocenters. The van der Waals surface area contributed by atoms with Crippen LogP contribution in [0.1, 0.15) is 23.3 Å². The molecule has 0 saturated heterocycles. The first-order chi connectivity index (χ1) is 15.1. The van der Waals surface area contributed by atoms with Crippen LogP contribution in [0.15, 0.2) is 71.5 Å². The van der Waals surface area contributed by atoms with E-state index in [1.807, 2.05) is 30.3 Å². The van der Waals surface area contributed by atoms with Gasteiger partial charge in [-0.15, -0.1) is 0 Å². The molecule has 0 fully saturated rings. The summed E-state index contributed by atoms with van der Waals surface area (Å²) in [6, 6.07) is 17.8. The van der Waals surface area contributed by atoms with Crippen molar-refractivity contribution in [3.8, 4) is 11.5 Å². The number of unbranched alkanes of at least 4 members (excludes halogenated alkanes) is 1. The van der Waals surface area contributed by atoms with Crippen molar-refractivity contribution in [2.24, 2.45) is 0 Å². The van der Waals surface area contributed by atoms with Crippen LogP contribution < -0.4 is 20.3 Å². The Hall–Kier alpha value is -3.68. The van der Waals surface area contributed by atoms with Gasteiger partial charge in [0.1, 0.15) is 29.6 Å². The van der Waals surface area contributed by atoms with Crippen LogP contribution in [0.25, 0.3) is 0 Å². The van der Waals surface area contributed by atoms with Crippen LogP contribution in [0.5, 0.6) is 11.5 Å². The zero-order valence-corrected chi connectivity index (χ0v) is 17.0. The van der Waals surface area contributed by atoms with Crippen molar-refractivity contribution < 1.29 is 18.7 Å². The van der Waals surface area contributed by atoms with Crippen LogP contribution in [0.3, 0.4) is 0 Å². The highest BCUT2D eigenvalue weighted by molar-refractivity contribution is 5.91. The molecular weight excluding hydrogens is 401 g/mol. The lowest BCUT2D eigenvalue weighted by Crippen LogP contribution is -2.31. The van der Waals surface area contributed by atoms with E-state index in [9.17, 15) is 14.0 Å². The van der Waals surface area contributed by atoms with Gasteiger partial charge in [-0.3, -0.25) is 9.59 Å². The predicted octanol–water partition coefficient (Wildman–Crippen LogP) is 3.05.